The summed E-state index contributed by atoms with van der Waals surface area (Å²) in [5, 5.41) is 3.43. The number of nitrogens with one attached hydrogen (secondary N) is 1. The second-order valence-corrected chi connectivity index (χ2v) is 5.70. The van der Waals surface area contributed by atoms with Gasteiger partial charge in [-0.15, -0.1) is 0 Å². The normalized spacial score (nSPS) is 12.4. The van der Waals surface area contributed by atoms with Crippen LogP contribution in [0.5, 0.6) is 0 Å². The van der Waals surface area contributed by atoms with E-state index < -0.39 is 0 Å². The van der Waals surface area contributed by atoms with Gasteiger partial charge in [0.05, 0.1) is 11.3 Å². The first-order valence-corrected chi connectivity index (χ1v) is 6.65. The molecule has 4 nitrogen and oxygen atoms in total. The van der Waals surface area contributed by atoms with Gasteiger partial charge in [-0.05, 0) is 27.2 Å². The summed E-state index contributed by atoms with van der Waals surface area (Å²) in [5.74, 6) is 1.07. The van der Waals surface area contributed by atoms with Crippen LogP contribution in [-0.2, 0) is 17.8 Å². The molecule has 4 heteroatoms. The summed E-state index contributed by atoms with van der Waals surface area (Å²) in [6.07, 6.45) is 2.94. The van der Waals surface area contributed by atoms with Gasteiger partial charge in [-0.3, -0.25) is 0 Å². The maximum absolute atomic E-state index is 5.46. The van der Waals surface area contributed by atoms with Crippen molar-refractivity contribution in [2.24, 2.45) is 0 Å². The van der Waals surface area contributed by atoms with E-state index in [0.29, 0.717) is 6.04 Å². The predicted octanol–water partition coefficient (Wildman–Crippen LogP) is 2.50. The van der Waals surface area contributed by atoms with Gasteiger partial charge in [-0.25, -0.2) is 4.98 Å². The molecule has 0 saturated carbocycles. The standard InChI is InChI=1S/C14H27N3O/c1-11(2)15-9-13-10-16-12(3)17(13)8-7-14(4,5)18-6/h10-11,15H,7-9H2,1-6H3. The molecular weight excluding hydrogens is 226 g/mol. The maximum Gasteiger partial charge on any atom is 0.105 e. The number of ether oxygens (including phenoxy) is 1. The van der Waals surface area contributed by atoms with Gasteiger partial charge in [0, 0.05) is 32.4 Å². The highest BCUT2D eigenvalue weighted by Gasteiger charge is 2.17. The van der Waals surface area contributed by atoms with E-state index in [2.05, 4.69) is 49.5 Å². The molecule has 1 rings (SSSR count). The average molecular weight is 253 g/mol. The molecule has 1 aromatic heterocycles. The first-order chi connectivity index (χ1) is 8.35. The van der Waals surface area contributed by atoms with E-state index in [1.807, 2.05) is 6.20 Å². The van der Waals surface area contributed by atoms with Gasteiger partial charge in [0.2, 0.25) is 0 Å². The third-order valence-corrected chi connectivity index (χ3v) is 3.32. The smallest absolute Gasteiger partial charge is 0.105 e. The Hall–Kier alpha value is -0.870. The minimum Gasteiger partial charge on any atom is -0.379 e. The molecule has 1 aromatic rings. The molecule has 0 unspecified atom stereocenters. The molecule has 104 valence electrons. The predicted molar refractivity (Wildman–Crippen MR) is 74.6 cm³/mol. The van der Waals surface area contributed by atoms with Crippen LogP contribution in [-0.4, -0.2) is 28.3 Å². The number of hydrogen-bond donors (Lipinski definition) is 1. The Morgan fingerprint density at radius 2 is 2.11 bits per heavy atom. The highest BCUT2D eigenvalue weighted by atomic mass is 16.5. The maximum atomic E-state index is 5.46. The van der Waals surface area contributed by atoms with Crippen LogP contribution in [0.25, 0.3) is 0 Å². The highest BCUT2D eigenvalue weighted by Crippen LogP contribution is 2.16. The molecule has 18 heavy (non-hydrogen) atoms. The number of aromatic nitrogens is 2. The quantitative estimate of drug-likeness (QED) is 0.811. The first kappa shape index (κ1) is 15.2. The molecule has 0 spiro atoms. The Labute approximate surface area is 111 Å². The third-order valence-electron chi connectivity index (χ3n) is 3.32. The van der Waals surface area contributed by atoms with Gasteiger partial charge in [-0.2, -0.15) is 0 Å². The molecule has 0 bridgehead atoms. The molecular formula is C14H27N3O. The summed E-state index contributed by atoms with van der Waals surface area (Å²) in [5.41, 5.74) is 1.16. The van der Waals surface area contributed by atoms with Gasteiger partial charge in [-0.1, -0.05) is 13.8 Å². The van der Waals surface area contributed by atoms with Crippen molar-refractivity contribution in [3.05, 3.63) is 17.7 Å². The zero-order valence-corrected chi connectivity index (χ0v) is 12.6. The van der Waals surface area contributed by atoms with Crippen molar-refractivity contribution >= 4 is 0 Å². The van der Waals surface area contributed by atoms with E-state index in [9.17, 15) is 0 Å². The molecule has 0 saturated heterocycles. The lowest BCUT2D eigenvalue weighted by Crippen LogP contribution is -2.27. The van der Waals surface area contributed by atoms with Crippen LogP contribution >= 0.6 is 0 Å². The Morgan fingerprint density at radius 1 is 1.44 bits per heavy atom. The average Bonchev–Trinajstić information content (AvgIpc) is 2.65. The zero-order chi connectivity index (χ0) is 13.8. The van der Waals surface area contributed by atoms with Gasteiger partial charge >= 0.3 is 0 Å². The summed E-state index contributed by atoms with van der Waals surface area (Å²) in [4.78, 5) is 4.40. The summed E-state index contributed by atoms with van der Waals surface area (Å²) in [6.45, 7) is 12.4. The summed E-state index contributed by atoms with van der Waals surface area (Å²) >= 11 is 0. The molecule has 0 aromatic carbocycles. The minimum absolute atomic E-state index is 0.0839. The lowest BCUT2D eigenvalue weighted by atomic mass is 10.1. The second kappa shape index (κ2) is 6.34. The molecule has 0 radical (unpaired) electrons. The van der Waals surface area contributed by atoms with Crippen molar-refractivity contribution in [3.63, 3.8) is 0 Å². The van der Waals surface area contributed by atoms with Crippen molar-refractivity contribution in [1.29, 1.82) is 0 Å². The second-order valence-electron chi connectivity index (χ2n) is 5.70. The topological polar surface area (TPSA) is 39.1 Å². The fraction of sp³-hybridized carbons (Fsp3) is 0.786. The van der Waals surface area contributed by atoms with Crippen LogP contribution in [0.1, 0.15) is 45.6 Å². The van der Waals surface area contributed by atoms with Gasteiger partial charge < -0.3 is 14.6 Å². The number of methoxy groups -OCH3 is 1. The largest absolute Gasteiger partial charge is 0.379 e. The van der Waals surface area contributed by atoms with Crippen LogP contribution in [0.4, 0.5) is 0 Å². The van der Waals surface area contributed by atoms with E-state index in [1.54, 1.807) is 7.11 Å². The van der Waals surface area contributed by atoms with E-state index in [4.69, 9.17) is 4.74 Å². The molecule has 1 N–H and O–H groups in total. The van der Waals surface area contributed by atoms with Crippen LogP contribution in [0.15, 0.2) is 6.20 Å². The molecule has 0 aliphatic heterocycles. The molecule has 0 amide bonds. The number of nitrogens with zero attached hydrogens (tertiary/aromatic N) is 2. The SMILES string of the molecule is COC(C)(C)CCn1c(CNC(C)C)cnc1C. The molecule has 1 heterocycles. The number of aryl methyl sites for hydroxylation is 1. The van der Waals surface area contributed by atoms with Crippen molar-refractivity contribution < 1.29 is 4.74 Å². The highest BCUT2D eigenvalue weighted by molar-refractivity contribution is 5.04. The van der Waals surface area contributed by atoms with Crippen molar-refractivity contribution in [3.8, 4) is 0 Å². The molecule has 0 aliphatic carbocycles. The first-order valence-electron chi connectivity index (χ1n) is 6.65. The fourth-order valence-electron chi connectivity index (χ4n) is 1.75. The van der Waals surface area contributed by atoms with Gasteiger partial charge in [0.15, 0.2) is 0 Å². The lowest BCUT2D eigenvalue weighted by molar-refractivity contribution is 0.0118. The Morgan fingerprint density at radius 3 is 2.67 bits per heavy atom. The number of rotatable bonds is 7. The Bertz CT molecular complexity index is 369. The zero-order valence-electron chi connectivity index (χ0n) is 12.6. The van der Waals surface area contributed by atoms with Crippen molar-refractivity contribution in [2.75, 3.05) is 7.11 Å². The molecule has 0 atom stereocenters. The lowest BCUT2D eigenvalue weighted by Gasteiger charge is -2.24. The number of imidazole rings is 1. The van der Waals surface area contributed by atoms with Crippen LogP contribution < -0.4 is 5.32 Å². The van der Waals surface area contributed by atoms with Gasteiger partial charge in [0.1, 0.15) is 5.82 Å². The molecule has 0 aliphatic rings. The van der Waals surface area contributed by atoms with E-state index in [-0.39, 0.29) is 5.60 Å². The monoisotopic (exact) mass is 253 g/mol. The summed E-state index contributed by atoms with van der Waals surface area (Å²) < 4.78 is 7.74. The van der Waals surface area contributed by atoms with E-state index in [0.717, 1.165) is 25.3 Å². The fourth-order valence-corrected chi connectivity index (χ4v) is 1.75. The molecule has 0 fully saturated rings. The van der Waals surface area contributed by atoms with Crippen LogP contribution in [0, 0.1) is 6.92 Å². The third kappa shape index (κ3) is 4.42. The van der Waals surface area contributed by atoms with E-state index >= 15 is 0 Å². The van der Waals surface area contributed by atoms with E-state index in [1.165, 1.54) is 5.69 Å². The Kier molecular flexibility index (Phi) is 5.35. The van der Waals surface area contributed by atoms with Crippen molar-refractivity contribution in [2.45, 2.75) is 65.8 Å². The minimum atomic E-state index is -0.0839. The Balaban J connectivity index is 2.66. The van der Waals surface area contributed by atoms with Gasteiger partial charge in [0.25, 0.3) is 0 Å². The van der Waals surface area contributed by atoms with Crippen molar-refractivity contribution in [1.82, 2.24) is 14.9 Å². The van der Waals surface area contributed by atoms with Crippen LogP contribution in [0.3, 0.4) is 0 Å². The summed E-state index contributed by atoms with van der Waals surface area (Å²) in [6, 6.07) is 0.490. The number of hydrogen-bond acceptors (Lipinski definition) is 3. The summed E-state index contributed by atoms with van der Waals surface area (Å²) in [7, 11) is 1.77. The van der Waals surface area contributed by atoms with Crippen LogP contribution in [0.2, 0.25) is 0 Å².